The molecule has 1 heterocycles. The van der Waals surface area contributed by atoms with E-state index < -0.39 is 0 Å². The molecular weight excluding hydrogens is 142 g/mol. The zero-order valence-electron chi connectivity index (χ0n) is 7.03. The summed E-state index contributed by atoms with van der Waals surface area (Å²) in [5.74, 6) is 0. The van der Waals surface area contributed by atoms with Crippen molar-refractivity contribution in [2.75, 3.05) is 19.7 Å². The van der Waals surface area contributed by atoms with Gasteiger partial charge >= 0.3 is 0 Å². The van der Waals surface area contributed by atoms with Crippen LogP contribution < -0.4 is 0 Å². The maximum atomic E-state index is 9.29. The van der Waals surface area contributed by atoms with Crippen molar-refractivity contribution in [3.05, 3.63) is 0 Å². The van der Waals surface area contributed by atoms with Gasteiger partial charge in [0.25, 0.3) is 0 Å². The second-order valence-electron chi connectivity index (χ2n) is 3.14. The van der Waals surface area contributed by atoms with Crippen molar-refractivity contribution in [3.8, 4) is 0 Å². The third-order valence-electron chi connectivity index (χ3n) is 2.43. The predicted octanol–water partition coefficient (Wildman–Crippen LogP) is -0.176. The molecule has 2 N–H and O–H groups in total. The minimum atomic E-state index is -0.199. The molecular formula is C8H17NO2. The molecule has 1 fully saturated rings. The highest BCUT2D eigenvalue weighted by Crippen LogP contribution is 2.16. The lowest BCUT2D eigenvalue weighted by Gasteiger charge is -2.35. The van der Waals surface area contributed by atoms with Crippen molar-refractivity contribution < 1.29 is 10.2 Å². The number of hydrogen-bond donors (Lipinski definition) is 2. The van der Waals surface area contributed by atoms with E-state index in [0.29, 0.717) is 0 Å². The SMILES string of the molecule is CCN1CC[C@@H](O)C[C@H]1CO. The van der Waals surface area contributed by atoms with E-state index in [4.69, 9.17) is 5.11 Å². The fraction of sp³-hybridized carbons (Fsp3) is 1.00. The topological polar surface area (TPSA) is 43.7 Å². The molecule has 1 aliphatic heterocycles. The van der Waals surface area contributed by atoms with Crippen LogP contribution in [0.15, 0.2) is 0 Å². The van der Waals surface area contributed by atoms with Crippen LogP contribution in [0.4, 0.5) is 0 Å². The minimum absolute atomic E-state index is 0.172. The van der Waals surface area contributed by atoms with E-state index in [2.05, 4.69) is 11.8 Å². The second kappa shape index (κ2) is 4.04. The summed E-state index contributed by atoms with van der Waals surface area (Å²) in [6.45, 7) is 4.14. The molecule has 3 heteroatoms. The Morgan fingerprint density at radius 1 is 1.55 bits per heavy atom. The van der Waals surface area contributed by atoms with Gasteiger partial charge in [-0.05, 0) is 19.4 Å². The lowest BCUT2D eigenvalue weighted by molar-refractivity contribution is 0.0199. The number of likely N-dealkylation sites (tertiary alicyclic amines) is 1. The molecule has 3 nitrogen and oxygen atoms in total. The molecule has 0 aromatic heterocycles. The average molecular weight is 159 g/mol. The molecule has 0 aromatic carbocycles. The Labute approximate surface area is 67.6 Å². The van der Waals surface area contributed by atoms with Gasteiger partial charge in [0.1, 0.15) is 0 Å². The first kappa shape index (κ1) is 8.97. The molecule has 0 unspecified atom stereocenters. The Hall–Kier alpha value is -0.120. The Kier molecular flexibility index (Phi) is 3.30. The zero-order valence-corrected chi connectivity index (χ0v) is 7.03. The summed E-state index contributed by atoms with van der Waals surface area (Å²) in [7, 11) is 0. The highest BCUT2D eigenvalue weighted by molar-refractivity contribution is 4.79. The number of likely N-dealkylation sites (N-methyl/N-ethyl adjacent to an activating group) is 1. The summed E-state index contributed by atoms with van der Waals surface area (Å²) in [6, 6.07) is 0.184. The Balaban J connectivity index is 2.41. The van der Waals surface area contributed by atoms with Gasteiger partial charge in [0.15, 0.2) is 0 Å². The van der Waals surface area contributed by atoms with Gasteiger partial charge in [0, 0.05) is 12.6 Å². The molecule has 0 saturated carbocycles. The molecule has 0 amide bonds. The van der Waals surface area contributed by atoms with Crippen LogP contribution in [0.3, 0.4) is 0 Å². The highest BCUT2D eigenvalue weighted by Gasteiger charge is 2.24. The first-order valence-corrected chi connectivity index (χ1v) is 4.31. The number of piperidine rings is 1. The third kappa shape index (κ3) is 2.15. The summed E-state index contributed by atoms with van der Waals surface area (Å²) in [6.07, 6.45) is 1.38. The van der Waals surface area contributed by atoms with Gasteiger partial charge in [-0.2, -0.15) is 0 Å². The number of rotatable bonds is 2. The molecule has 66 valence electrons. The van der Waals surface area contributed by atoms with E-state index >= 15 is 0 Å². The predicted molar refractivity (Wildman–Crippen MR) is 43.4 cm³/mol. The standard InChI is InChI=1S/C8H17NO2/c1-2-9-4-3-8(11)5-7(9)6-10/h7-8,10-11H,2-6H2,1H3/t7-,8+/m0/s1. The largest absolute Gasteiger partial charge is 0.395 e. The van der Waals surface area contributed by atoms with Gasteiger partial charge in [-0.1, -0.05) is 6.92 Å². The third-order valence-corrected chi connectivity index (χ3v) is 2.43. The van der Waals surface area contributed by atoms with Gasteiger partial charge in [-0.25, -0.2) is 0 Å². The van der Waals surface area contributed by atoms with Gasteiger partial charge in [-0.15, -0.1) is 0 Å². The monoisotopic (exact) mass is 159 g/mol. The molecule has 1 aliphatic rings. The maximum Gasteiger partial charge on any atom is 0.0587 e. The van der Waals surface area contributed by atoms with Crippen LogP contribution in [0.25, 0.3) is 0 Å². The smallest absolute Gasteiger partial charge is 0.0587 e. The first-order chi connectivity index (χ1) is 5.27. The van der Waals surface area contributed by atoms with Crippen LogP contribution in [0.2, 0.25) is 0 Å². The molecule has 0 radical (unpaired) electrons. The van der Waals surface area contributed by atoms with Gasteiger partial charge in [0.05, 0.1) is 12.7 Å². The van der Waals surface area contributed by atoms with Crippen LogP contribution in [0, 0.1) is 0 Å². The molecule has 2 atom stereocenters. The Morgan fingerprint density at radius 3 is 2.82 bits per heavy atom. The van der Waals surface area contributed by atoms with E-state index in [9.17, 15) is 5.11 Å². The lowest BCUT2D eigenvalue weighted by Crippen LogP contribution is -2.45. The van der Waals surface area contributed by atoms with Crippen molar-refractivity contribution in [3.63, 3.8) is 0 Å². The van der Waals surface area contributed by atoms with Gasteiger partial charge < -0.3 is 10.2 Å². The number of hydrogen-bond acceptors (Lipinski definition) is 3. The highest BCUT2D eigenvalue weighted by atomic mass is 16.3. The number of nitrogens with zero attached hydrogens (tertiary/aromatic N) is 1. The van der Waals surface area contributed by atoms with Crippen LogP contribution in [0.1, 0.15) is 19.8 Å². The molecule has 0 bridgehead atoms. The zero-order chi connectivity index (χ0) is 8.27. The summed E-state index contributed by atoms with van der Waals surface area (Å²) >= 11 is 0. The van der Waals surface area contributed by atoms with Crippen molar-refractivity contribution in [1.29, 1.82) is 0 Å². The number of aliphatic hydroxyl groups is 2. The summed E-state index contributed by atoms with van der Waals surface area (Å²) in [4.78, 5) is 2.22. The minimum Gasteiger partial charge on any atom is -0.395 e. The van der Waals surface area contributed by atoms with Crippen molar-refractivity contribution in [2.24, 2.45) is 0 Å². The fourth-order valence-corrected chi connectivity index (χ4v) is 1.68. The Bertz CT molecular complexity index is 119. The Morgan fingerprint density at radius 2 is 2.27 bits per heavy atom. The summed E-state index contributed by atoms with van der Waals surface area (Å²) in [5, 5.41) is 18.2. The molecule has 0 spiro atoms. The fourth-order valence-electron chi connectivity index (χ4n) is 1.68. The molecule has 1 saturated heterocycles. The summed E-state index contributed by atoms with van der Waals surface area (Å²) in [5.41, 5.74) is 0. The van der Waals surface area contributed by atoms with Crippen LogP contribution in [0.5, 0.6) is 0 Å². The first-order valence-electron chi connectivity index (χ1n) is 4.31. The van der Waals surface area contributed by atoms with Crippen molar-refractivity contribution in [1.82, 2.24) is 4.90 Å². The quantitative estimate of drug-likeness (QED) is 0.587. The molecule has 0 aliphatic carbocycles. The van der Waals surface area contributed by atoms with Crippen molar-refractivity contribution >= 4 is 0 Å². The lowest BCUT2D eigenvalue weighted by atomic mass is 10.0. The van der Waals surface area contributed by atoms with Gasteiger partial charge in [-0.3, -0.25) is 4.90 Å². The molecule has 1 rings (SSSR count). The average Bonchev–Trinajstić information content (AvgIpc) is 2.04. The van der Waals surface area contributed by atoms with Crippen LogP contribution in [-0.2, 0) is 0 Å². The van der Waals surface area contributed by atoms with Crippen molar-refractivity contribution in [2.45, 2.75) is 31.9 Å². The van der Waals surface area contributed by atoms with Crippen LogP contribution in [-0.4, -0.2) is 47.0 Å². The van der Waals surface area contributed by atoms with Crippen LogP contribution >= 0.6 is 0 Å². The maximum absolute atomic E-state index is 9.29. The molecule has 11 heavy (non-hydrogen) atoms. The second-order valence-corrected chi connectivity index (χ2v) is 3.14. The van der Waals surface area contributed by atoms with E-state index in [1.54, 1.807) is 0 Å². The van der Waals surface area contributed by atoms with Gasteiger partial charge in [0.2, 0.25) is 0 Å². The van der Waals surface area contributed by atoms with E-state index in [-0.39, 0.29) is 18.8 Å². The van der Waals surface area contributed by atoms with E-state index in [0.717, 1.165) is 25.9 Å². The normalized spacial score (nSPS) is 34.1. The summed E-state index contributed by atoms with van der Waals surface area (Å²) < 4.78 is 0. The number of aliphatic hydroxyl groups excluding tert-OH is 2. The molecule has 0 aromatic rings. The van der Waals surface area contributed by atoms with E-state index in [1.807, 2.05) is 0 Å². The van der Waals surface area contributed by atoms with E-state index in [1.165, 1.54) is 0 Å².